The van der Waals surface area contributed by atoms with E-state index in [1.54, 1.807) is 0 Å². The van der Waals surface area contributed by atoms with Crippen LogP contribution >= 0.6 is 0 Å². The van der Waals surface area contributed by atoms with Crippen molar-refractivity contribution in [1.29, 1.82) is 0 Å². The molecule has 16 heteroatoms. The number of aryl methyl sites for hydroxylation is 1. The first kappa shape index (κ1) is 26.5. The van der Waals surface area contributed by atoms with Gasteiger partial charge in [-0.3, -0.25) is 0 Å². The average Bonchev–Trinajstić information content (AvgIpc) is 2.44. The lowest BCUT2D eigenvalue weighted by Gasteiger charge is -2.28. The molecule has 0 radical (unpaired) electrons. The van der Waals surface area contributed by atoms with E-state index in [2.05, 4.69) is 43.1 Å². The van der Waals surface area contributed by atoms with E-state index in [9.17, 15) is 26.3 Å². The van der Waals surface area contributed by atoms with E-state index in [0.717, 1.165) is 4.48 Å². The van der Waals surface area contributed by atoms with Gasteiger partial charge >= 0.3 is 16.8 Å². The fourth-order valence-electron chi connectivity index (χ4n) is 1.96. The van der Waals surface area contributed by atoms with Crippen LogP contribution in [0.2, 0.25) is 0 Å². The van der Waals surface area contributed by atoms with Gasteiger partial charge in [0.25, 0.3) is 0 Å². The van der Waals surface area contributed by atoms with Crippen LogP contribution in [0.1, 0.15) is 6.42 Å². The number of alkyl halides is 6. The predicted octanol–water partition coefficient (Wildman–Crippen LogP) is 1.05. The normalized spacial score (nSPS) is 16.6. The maximum absolute atomic E-state index is 10.7. The molecule has 0 aromatic carbocycles. The van der Waals surface area contributed by atoms with Crippen molar-refractivity contribution in [3.63, 3.8) is 0 Å². The molecule has 0 spiro atoms. The summed E-state index contributed by atoms with van der Waals surface area (Å²) in [5.74, 6) is 1.42. The molecule has 1 aliphatic rings. The number of quaternary nitrogens is 1. The third-order valence-corrected chi connectivity index (χ3v) is 4.35. The van der Waals surface area contributed by atoms with E-state index >= 15 is 0 Å². The third kappa shape index (κ3) is 8.26. The number of aromatic nitrogens is 1. The lowest BCUT2D eigenvalue weighted by molar-refractivity contribution is -0.696. The first-order chi connectivity index (χ1) is 12.2. The molecule has 0 saturated heterocycles. The fraction of sp³-hybridized carbons (Fsp3) is 0.583. The Balaban J connectivity index is 0.000000408. The van der Waals surface area contributed by atoms with Crippen LogP contribution in [0.25, 0.3) is 0 Å². The van der Waals surface area contributed by atoms with Crippen LogP contribution in [0.15, 0.2) is 24.4 Å². The molecule has 8 nitrogen and oxygen atoms in total. The summed E-state index contributed by atoms with van der Waals surface area (Å²) >= 11 is 0. The van der Waals surface area contributed by atoms with Crippen LogP contribution in [0.5, 0.6) is 0 Å². The maximum atomic E-state index is 10.7. The van der Waals surface area contributed by atoms with E-state index in [-0.39, 0.29) is 0 Å². The van der Waals surface area contributed by atoms with Gasteiger partial charge in [0.1, 0.15) is 0 Å². The second kappa shape index (κ2) is 8.89. The first-order valence-corrected chi connectivity index (χ1v) is 9.88. The molecule has 0 unspecified atom stereocenters. The zero-order valence-corrected chi connectivity index (χ0v) is 16.0. The molecule has 2 heterocycles. The van der Waals surface area contributed by atoms with Gasteiger partial charge in [-0.2, -0.15) is 30.9 Å². The highest BCUT2D eigenvalue weighted by Gasteiger charge is 2.37. The quantitative estimate of drug-likeness (QED) is 0.187. The number of pyridine rings is 1. The standard InChI is InChI=1S/C10H16N2.2CHF3O3S/c1-12(2)9-5-8-11-7-4-3-6-10(11)12;2*2-1(3,4)8(5,6)7/h3-4,6-7H,5,8-9H2,1-2H3;2*(H,5,6,7)/q+2;;/p-2. The highest BCUT2D eigenvalue weighted by atomic mass is 32.2. The van der Waals surface area contributed by atoms with Gasteiger partial charge in [0.2, 0.25) is 0 Å². The smallest absolute Gasteiger partial charge is 0.485 e. The van der Waals surface area contributed by atoms with Crippen LogP contribution in [0, 0.1) is 0 Å². The van der Waals surface area contributed by atoms with Crippen molar-refractivity contribution in [3.8, 4) is 0 Å². The van der Waals surface area contributed by atoms with Crippen molar-refractivity contribution in [3.05, 3.63) is 24.4 Å². The number of hydrogen-bond donors (Lipinski definition) is 0. The number of halogens is 6. The van der Waals surface area contributed by atoms with Crippen LogP contribution in [0.3, 0.4) is 0 Å². The van der Waals surface area contributed by atoms with Crippen molar-refractivity contribution >= 4 is 26.1 Å². The lowest BCUT2D eigenvalue weighted by atomic mass is 10.2. The summed E-state index contributed by atoms with van der Waals surface area (Å²) < 4.78 is 121. The van der Waals surface area contributed by atoms with Crippen LogP contribution in [-0.4, -0.2) is 57.6 Å². The molecule has 1 aromatic heterocycles. The SMILES string of the molecule is C[N+]1(C)CCC[n+]2ccccc21.O=S(=O)([O-])C(F)(F)F.O=S(=O)([O-])C(F)(F)F. The van der Waals surface area contributed by atoms with Crippen LogP contribution < -0.4 is 9.05 Å². The third-order valence-electron chi connectivity index (χ3n) is 3.22. The Hall–Kier alpha value is -1.49. The highest BCUT2D eigenvalue weighted by molar-refractivity contribution is 7.86. The van der Waals surface area contributed by atoms with Crippen LogP contribution in [-0.2, 0) is 26.8 Å². The predicted molar refractivity (Wildman–Crippen MR) is 81.3 cm³/mol. The number of rotatable bonds is 0. The molecule has 0 fully saturated rings. The van der Waals surface area contributed by atoms with Crippen molar-refractivity contribution in [2.45, 2.75) is 24.0 Å². The minimum atomic E-state index is -6.09. The van der Waals surface area contributed by atoms with E-state index < -0.39 is 31.3 Å². The topological polar surface area (TPSA) is 118 Å². The van der Waals surface area contributed by atoms with Crippen molar-refractivity contribution in [2.75, 3.05) is 20.6 Å². The monoisotopic (exact) mass is 462 g/mol. The summed E-state index contributed by atoms with van der Waals surface area (Å²) in [5, 5.41) is 0. The molecular weight excluding hydrogens is 446 g/mol. The van der Waals surface area contributed by atoms with Gasteiger partial charge < -0.3 is 9.11 Å². The Morgan fingerprint density at radius 2 is 1.32 bits per heavy atom. The fourth-order valence-corrected chi connectivity index (χ4v) is 1.96. The molecule has 0 aliphatic carbocycles. The molecule has 1 aliphatic heterocycles. The average molecular weight is 462 g/mol. The van der Waals surface area contributed by atoms with Gasteiger partial charge in [0.05, 0.1) is 33.1 Å². The summed E-state index contributed by atoms with van der Waals surface area (Å²) in [4.78, 5) is 0. The van der Waals surface area contributed by atoms with Gasteiger partial charge in [0.15, 0.2) is 33.0 Å². The molecule has 0 bridgehead atoms. The van der Waals surface area contributed by atoms with E-state index in [0.29, 0.717) is 0 Å². The zero-order chi connectivity index (χ0) is 22.6. The molecule has 164 valence electrons. The van der Waals surface area contributed by atoms with Gasteiger partial charge in [-0.05, 0) is 6.07 Å². The minimum absolute atomic E-state index is 1.01. The molecular formula is C12H16F6N2O6S2. The molecule has 0 N–H and O–H groups in total. The first-order valence-electron chi connectivity index (χ1n) is 7.06. The Kier molecular flexibility index (Phi) is 8.42. The molecule has 1 aromatic rings. The minimum Gasteiger partial charge on any atom is -0.741 e. The van der Waals surface area contributed by atoms with E-state index in [1.807, 2.05) is 0 Å². The largest absolute Gasteiger partial charge is 0.741 e. The van der Waals surface area contributed by atoms with Gasteiger partial charge in [-0.1, -0.05) is 0 Å². The van der Waals surface area contributed by atoms with E-state index in [1.165, 1.54) is 25.3 Å². The molecule has 2 rings (SSSR count). The van der Waals surface area contributed by atoms with Gasteiger partial charge in [-0.25, -0.2) is 21.3 Å². The van der Waals surface area contributed by atoms with Gasteiger partial charge in [0, 0.05) is 6.07 Å². The Morgan fingerprint density at radius 1 is 0.929 bits per heavy atom. The van der Waals surface area contributed by atoms with E-state index in [4.69, 9.17) is 25.9 Å². The lowest BCUT2D eigenvalue weighted by Crippen LogP contribution is -2.56. The molecule has 0 saturated carbocycles. The summed E-state index contributed by atoms with van der Waals surface area (Å²) in [6.45, 7) is 2.43. The highest BCUT2D eigenvalue weighted by Crippen LogP contribution is 2.21. The second-order valence-corrected chi connectivity index (χ2v) is 8.56. The van der Waals surface area contributed by atoms with Crippen molar-refractivity contribution in [2.24, 2.45) is 0 Å². The number of fused-ring (bicyclic) bond motifs is 1. The maximum Gasteiger partial charge on any atom is 0.485 e. The van der Waals surface area contributed by atoms with Crippen molar-refractivity contribution in [1.82, 2.24) is 4.48 Å². The van der Waals surface area contributed by atoms with Crippen LogP contribution in [0.4, 0.5) is 32.2 Å². The summed E-state index contributed by atoms with van der Waals surface area (Å²) in [6, 6.07) is 6.45. The second-order valence-electron chi connectivity index (χ2n) is 5.81. The Bertz CT molecular complexity index is 823. The number of nitrogens with zero attached hydrogens (tertiary/aromatic N) is 2. The zero-order valence-electron chi connectivity index (χ0n) is 14.4. The summed E-state index contributed by atoms with van der Waals surface area (Å²) in [5.41, 5.74) is -11.3. The molecule has 28 heavy (non-hydrogen) atoms. The van der Waals surface area contributed by atoms with Crippen molar-refractivity contribution < 1.29 is 56.9 Å². The summed E-state index contributed by atoms with van der Waals surface area (Å²) in [6.07, 6.45) is 3.46. The molecule has 0 atom stereocenters. The number of hydrogen-bond acceptors (Lipinski definition) is 6. The summed E-state index contributed by atoms with van der Waals surface area (Å²) in [7, 11) is -7.64. The van der Waals surface area contributed by atoms with Gasteiger partial charge in [-0.15, -0.1) is 0 Å². The Morgan fingerprint density at radius 3 is 1.64 bits per heavy atom. The molecule has 0 amide bonds. The Labute approximate surface area is 157 Å².